The van der Waals surface area contributed by atoms with Gasteiger partial charge in [-0.2, -0.15) is 0 Å². The molecule has 0 spiro atoms. The molecule has 2 aromatic rings. The summed E-state index contributed by atoms with van der Waals surface area (Å²) in [5, 5.41) is 0.896. The van der Waals surface area contributed by atoms with Crippen LogP contribution in [0.3, 0.4) is 0 Å². The van der Waals surface area contributed by atoms with Crippen LogP contribution in [0.2, 0.25) is 0 Å². The maximum atomic E-state index is 12.6. The molecule has 124 valence electrons. The number of H-pyrrole nitrogens is 1. The van der Waals surface area contributed by atoms with E-state index in [0.717, 1.165) is 47.9 Å². The van der Waals surface area contributed by atoms with Crippen molar-refractivity contribution in [2.24, 2.45) is 0 Å². The van der Waals surface area contributed by atoms with Crippen LogP contribution in [-0.2, 0) is 4.79 Å². The third-order valence-electron chi connectivity index (χ3n) is 4.63. The summed E-state index contributed by atoms with van der Waals surface area (Å²) in [7, 11) is 0. The molecule has 0 unspecified atom stereocenters. The number of hydrogen-bond donors (Lipinski definition) is 1. The molecule has 2 saturated heterocycles. The number of imide groups is 1. The van der Waals surface area contributed by atoms with Crippen molar-refractivity contribution in [1.29, 1.82) is 0 Å². The average molecular weight is 341 g/mol. The highest BCUT2D eigenvalue weighted by atomic mass is 32.2. The van der Waals surface area contributed by atoms with Crippen LogP contribution in [0.5, 0.6) is 0 Å². The van der Waals surface area contributed by atoms with Gasteiger partial charge >= 0.3 is 0 Å². The lowest BCUT2D eigenvalue weighted by Gasteiger charge is -2.18. The Labute approximate surface area is 144 Å². The Morgan fingerprint density at radius 1 is 1.12 bits per heavy atom. The molecule has 0 aliphatic carbocycles. The van der Waals surface area contributed by atoms with E-state index in [4.69, 9.17) is 0 Å². The van der Waals surface area contributed by atoms with Crippen molar-refractivity contribution in [1.82, 2.24) is 14.8 Å². The third-order valence-corrected chi connectivity index (χ3v) is 5.53. The number of aromatic amines is 1. The van der Waals surface area contributed by atoms with Crippen LogP contribution in [0.25, 0.3) is 17.0 Å². The van der Waals surface area contributed by atoms with E-state index in [1.807, 2.05) is 36.5 Å². The van der Waals surface area contributed by atoms with Crippen LogP contribution in [-0.4, -0.2) is 52.1 Å². The highest BCUT2D eigenvalue weighted by molar-refractivity contribution is 8.18. The standard InChI is InChI=1S/C18H19N3O2S/c22-17-16(12-13-4-3-5-15-14(13)6-7-19-15)24-18(23)21(17)11-10-20-8-1-2-9-20/h3-7,12,19H,1-2,8-11H2. The van der Waals surface area contributed by atoms with E-state index >= 15 is 0 Å². The van der Waals surface area contributed by atoms with E-state index in [-0.39, 0.29) is 11.1 Å². The van der Waals surface area contributed by atoms with Crippen LogP contribution in [0.15, 0.2) is 35.4 Å². The van der Waals surface area contributed by atoms with Gasteiger partial charge in [-0.15, -0.1) is 0 Å². The lowest BCUT2D eigenvalue weighted by atomic mass is 10.1. The first-order chi connectivity index (χ1) is 11.7. The molecule has 1 N–H and O–H groups in total. The quantitative estimate of drug-likeness (QED) is 0.867. The fourth-order valence-corrected chi connectivity index (χ4v) is 4.17. The number of aromatic nitrogens is 1. The summed E-state index contributed by atoms with van der Waals surface area (Å²) in [6.45, 7) is 3.40. The predicted molar refractivity (Wildman–Crippen MR) is 96.6 cm³/mol. The van der Waals surface area contributed by atoms with Crippen molar-refractivity contribution >= 4 is 39.9 Å². The minimum Gasteiger partial charge on any atom is -0.361 e. The monoisotopic (exact) mass is 341 g/mol. The third kappa shape index (κ3) is 2.87. The van der Waals surface area contributed by atoms with Gasteiger partial charge in [-0.1, -0.05) is 12.1 Å². The molecule has 4 rings (SSSR count). The van der Waals surface area contributed by atoms with Crippen molar-refractivity contribution in [3.8, 4) is 0 Å². The molecule has 2 fully saturated rings. The number of nitrogens with zero attached hydrogens (tertiary/aromatic N) is 2. The second-order valence-corrected chi connectivity index (χ2v) is 7.16. The summed E-state index contributed by atoms with van der Waals surface area (Å²) < 4.78 is 0. The second-order valence-electron chi connectivity index (χ2n) is 6.17. The number of hydrogen-bond acceptors (Lipinski definition) is 4. The molecule has 1 aromatic heterocycles. The van der Waals surface area contributed by atoms with E-state index in [1.54, 1.807) is 0 Å². The molecule has 2 aliphatic heterocycles. The average Bonchev–Trinajstić information content (AvgIpc) is 3.29. The SMILES string of the molecule is O=C1SC(=Cc2cccc3[nH]ccc23)C(=O)N1CCN1CCCC1. The maximum absolute atomic E-state index is 12.6. The van der Waals surface area contributed by atoms with Gasteiger partial charge in [0.25, 0.3) is 11.1 Å². The van der Waals surface area contributed by atoms with Gasteiger partial charge in [-0.3, -0.25) is 14.5 Å². The number of thioether (sulfide) groups is 1. The number of carbonyl (C=O) groups excluding carboxylic acids is 2. The number of nitrogens with one attached hydrogen (secondary N) is 1. The Bertz CT molecular complexity index is 821. The number of fused-ring (bicyclic) bond motifs is 1. The van der Waals surface area contributed by atoms with E-state index in [0.29, 0.717) is 11.4 Å². The van der Waals surface area contributed by atoms with Gasteiger partial charge in [0.15, 0.2) is 0 Å². The molecule has 0 saturated carbocycles. The maximum Gasteiger partial charge on any atom is 0.293 e. The zero-order valence-electron chi connectivity index (χ0n) is 13.3. The van der Waals surface area contributed by atoms with Crippen LogP contribution in [0.1, 0.15) is 18.4 Å². The number of carbonyl (C=O) groups is 2. The van der Waals surface area contributed by atoms with Gasteiger partial charge in [0.1, 0.15) is 0 Å². The molecule has 0 atom stereocenters. The zero-order chi connectivity index (χ0) is 16.5. The summed E-state index contributed by atoms with van der Waals surface area (Å²) in [6, 6.07) is 7.89. The minimum atomic E-state index is -0.170. The highest BCUT2D eigenvalue weighted by Gasteiger charge is 2.35. The van der Waals surface area contributed by atoms with Gasteiger partial charge in [-0.05, 0) is 61.5 Å². The zero-order valence-corrected chi connectivity index (χ0v) is 14.1. The number of rotatable bonds is 4. The topological polar surface area (TPSA) is 56.4 Å². The molecule has 5 nitrogen and oxygen atoms in total. The molecule has 1 aromatic carbocycles. The number of benzene rings is 1. The molecular formula is C18H19N3O2S. The molecular weight excluding hydrogens is 322 g/mol. The lowest BCUT2D eigenvalue weighted by Crippen LogP contribution is -2.36. The van der Waals surface area contributed by atoms with Crippen LogP contribution >= 0.6 is 11.8 Å². The largest absolute Gasteiger partial charge is 0.361 e. The Morgan fingerprint density at radius 2 is 1.96 bits per heavy atom. The molecule has 2 amide bonds. The van der Waals surface area contributed by atoms with E-state index in [9.17, 15) is 9.59 Å². The van der Waals surface area contributed by atoms with Crippen molar-refractivity contribution in [2.45, 2.75) is 12.8 Å². The highest BCUT2D eigenvalue weighted by Crippen LogP contribution is 2.33. The van der Waals surface area contributed by atoms with Crippen molar-refractivity contribution in [2.75, 3.05) is 26.2 Å². The van der Waals surface area contributed by atoms with Crippen molar-refractivity contribution < 1.29 is 9.59 Å². The van der Waals surface area contributed by atoms with Crippen LogP contribution < -0.4 is 0 Å². The van der Waals surface area contributed by atoms with Crippen LogP contribution in [0.4, 0.5) is 4.79 Å². The summed E-state index contributed by atoms with van der Waals surface area (Å²) in [6.07, 6.45) is 6.13. The van der Waals surface area contributed by atoms with Crippen LogP contribution in [0, 0.1) is 0 Å². The summed E-state index contributed by atoms with van der Waals surface area (Å²) in [5.74, 6) is -0.170. The molecule has 0 bridgehead atoms. The number of amides is 2. The molecule has 3 heterocycles. The molecule has 24 heavy (non-hydrogen) atoms. The van der Waals surface area contributed by atoms with Gasteiger partial charge in [0, 0.05) is 30.2 Å². The fourth-order valence-electron chi connectivity index (χ4n) is 3.32. The first-order valence-electron chi connectivity index (χ1n) is 8.26. The Morgan fingerprint density at radius 3 is 2.79 bits per heavy atom. The van der Waals surface area contributed by atoms with Gasteiger partial charge in [-0.25, -0.2) is 0 Å². The molecule has 0 radical (unpaired) electrons. The van der Waals surface area contributed by atoms with E-state index in [1.165, 1.54) is 17.7 Å². The van der Waals surface area contributed by atoms with Gasteiger partial charge in [0.2, 0.25) is 0 Å². The first kappa shape index (κ1) is 15.5. The van der Waals surface area contributed by atoms with Crippen molar-refractivity contribution in [3.05, 3.63) is 40.9 Å². The fraction of sp³-hybridized carbons (Fsp3) is 0.333. The minimum absolute atomic E-state index is 0.160. The predicted octanol–water partition coefficient (Wildman–Crippen LogP) is 3.30. The molecule has 6 heteroatoms. The van der Waals surface area contributed by atoms with E-state index in [2.05, 4.69) is 9.88 Å². The Hall–Kier alpha value is -2.05. The molecule has 2 aliphatic rings. The second kappa shape index (κ2) is 6.45. The first-order valence-corrected chi connectivity index (χ1v) is 9.08. The number of likely N-dealkylation sites (tertiary alicyclic amines) is 1. The van der Waals surface area contributed by atoms with Crippen molar-refractivity contribution in [3.63, 3.8) is 0 Å². The Balaban J connectivity index is 1.53. The lowest BCUT2D eigenvalue weighted by molar-refractivity contribution is -0.122. The van der Waals surface area contributed by atoms with Gasteiger partial charge in [0.05, 0.1) is 4.91 Å². The smallest absolute Gasteiger partial charge is 0.293 e. The summed E-state index contributed by atoms with van der Waals surface area (Å²) in [4.78, 5) is 32.2. The summed E-state index contributed by atoms with van der Waals surface area (Å²) in [5.41, 5.74) is 1.98. The normalized spacial score (nSPS) is 20.8. The van der Waals surface area contributed by atoms with Gasteiger partial charge < -0.3 is 9.88 Å². The van der Waals surface area contributed by atoms with E-state index < -0.39 is 0 Å². The summed E-state index contributed by atoms with van der Waals surface area (Å²) >= 11 is 1.04. The Kier molecular flexibility index (Phi) is 4.16.